The van der Waals surface area contributed by atoms with E-state index in [4.69, 9.17) is 4.74 Å². The molecule has 2 aromatic carbocycles. The molecule has 5 heteroatoms. The Morgan fingerprint density at radius 3 is 2.64 bits per heavy atom. The molecule has 0 saturated heterocycles. The van der Waals surface area contributed by atoms with Gasteiger partial charge >= 0.3 is 0 Å². The van der Waals surface area contributed by atoms with Crippen molar-refractivity contribution in [2.24, 2.45) is 0 Å². The van der Waals surface area contributed by atoms with Crippen LogP contribution in [0.15, 0.2) is 67.0 Å². The quantitative estimate of drug-likeness (QED) is 0.610. The SMILES string of the molecule is COc1ccccc1C1(C(=O)NCCCn2ccnc2-c2ccccc2)CC1. The van der Waals surface area contributed by atoms with Crippen LogP contribution in [0.5, 0.6) is 5.75 Å². The van der Waals surface area contributed by atoms with Crippen molar-refractivity contribution in [3.8, 4) is 17.1 Å². The fourth-order valence-corrected chi connectivity index (χ4v) is 3.74. The molecule has 1 aliphatic carbocycles. The van der Waals surface area contributed by atoms with Crippen LogP contribution >= 0.6 is 0 Å². The summed E-state index contributed by atoms with van der Waals surface area (Å²) in [4.78, 5) is 17.3. The lowest BCUT2D eigenvalue weighted by Crippen LogP contribution is -2.35. The van der Waals surface area contributed by atoms with E-state index in [-0.39, 0.29) is 5.91 Å². The molecular weight excluding hydrogens is 350 g/mol. The Morgan fingerprint density at radius 1 is 1.14 bits per heavy atom. The second-order valence-electron chi connectivity index (χ2n) is 7.20. The zero-order valence-corrected chi connectivity index (χ0v) is 16.1. The molecule has 3 aromatic rings. The van der Waals surface area contributed by atoms with Gasteiger partial charge in [-0.3, -0.25) is 4.79 Å². The molecule has 1 aromatic heterocycles. The number of ether oxygens (including phenoxy) is 1. The molecule has 5 nitrogen and oxygen atoms in total. The van der Waals surface area contributed by atoms with E-state index in [0.29, 0.717) is 6.54 Å². The third-order valence-electron chi connectivity index (χ3n) is 5.42. The summed E-state index contributed by atoms with van der Waals surface area (Å²) in [5.74, 6) is 1.85. The number of para-hydroxylation sites is 1. The number of amides is 1. The maximum absolute atomic E-state index is 12.9. The molecule has 0 unspecified atom stereocenters. The molecule has 28 heavy (non-hydrogen) atoms. The number of aryl methyl sites for hydroxylation is 1. The number of carbonyl (C=O) groups excluding carboxylic acids is 1. The lowest BCUT2D eigenvalue weighted by Gasteiger charge is -2.18. The molecule has 1 amide bonds. The van der Waals surface area contributed by atoms with Crippen LogP contribution in [-0.4, -0.2) is 29.1 Å². The van der Waals surface area contributed by atoms with Gasteiger partial charge in [-0.2, -0.15) is 0 Å². The number of nitrogens with zero attached hydrogens (tertiary/aromatic N) is 2. The van der Waals surface area contributed by atoms with Gasteiger partial charge in [-0.1, -0.05) is 48.5 Å². The van der Waals surface area contributed by atoms with E-state index in [2.05, 4.69) is 27.0 Å². The third kappa shape index (κ3) is 3.52. The highest BCUT2D eigenvalue weighted by Crippen LogP contribution is 2.51. The number of rotatable bonds is 8. The molecule has 4 rings (SSSR count). The van der Waals surface area contributed by atoms with Gasteiger partial charge in [0.05, 0.1) is 12.5 Å². The zero-order chi connectivity index (χ0) is 19.4. The fourth-order valence-electron chi connectivity index (χ4n) is 3.74. The Kier molecular flexibility index (Phi) is 5.15. The van der Waals surface area contributed by atoms with Gasteiger partial charge in [0.1, 0.15) is 11.6 Å². The molecule has 1 fully saturated rings. The molecule has 0 aliphatic heterocycles. The number of hydrogen-bond donors (Lipinski definition) is 1. The molecular formula is C23H25N3O2. The van der Waals surface area contributed by atoms with Gasteiger partial charge in [-0.05, 0) is 25.3 Å². The number of aromatic nitrogens is 2. The summed E-state index contributed by atoms with van der Waals surface area (Å²) in [7, 11) is 1.66. The van der Waals surface area contributed by atoms with E-state index in [1.807, 2.05) is 54.9 Å². The summed E-state index contributed by atoms with van der Waals surface area (Å²) in [5, 5.41) is 3.13. The normalized spacial score (nSPS) is 14.5. The smallest absolute Gasteiger partial charge is 0.230 e. The maximum atomic E-state index is 12.9. The monoisotopic (exact) mass is 375 g/mol. The minimum atomic E-state index is -0.420. The lowest BCUT2D eigenvalue weighted by atomic mass is 9.94. The molecule has 1 aliphatic rings. The maximum Gasteiger partial charge on any atom is 0.230 e. The second-order valence-corrected chi connectivity index (χ2v) is 7.20. The van der Waals surface area contributed by atoms with Crippen LogP contribution in [0, 0.1) is 0 Å². The van der Waals surface area contributed by atoms with Gasteiger partial charge in [0.15, 0.2) is 0 Å². The number of hydrogen-bond acceptors (Lipinski definition) is 3. The number of imidazole rings is 1. The first-order valence-corrected chi connectivity index (χ1v) is 9.73. The minimum Gasteiger partial charge on any atom is -0.496 e. The first-order valence-electron chi connectivity index (χ1n) is 9.73. The largest absolute Gasteiger partial charge is 0.496 e. The first kappa shape index (κ1) is 18.3. The standard InChI is InChI=1S/C23H25N3O2/c1-28-20-11-6-5-10-19(20)23(12-13-23)22(27)25-14-7-16-26-17-15-24-21(26)18-8-3-2-4-9-18/h2-6,8-11,15,17H,7,12-14,16H2,1H3,(H,25,27). The molecule has 0 spiro atoms. The topological polar surface area (TPSA) is 56.1 Å². The van der Waals surface area contributed by atoms with Crippen molar-refractivity contribution >= 4 is 5.91 Å². The molecule has 0 atom stereocenters. The van der Waals surface area contributed by atoms with Gasteiger partial charge in [-0.25, -0.2) is 4.98 Å². The van der Waals surface area contributed by atoms with Gasteiger partial charge < -0.3 is 14.6 Å². The number of benzene rings is 2. The van der Waals surface area contributed by atoms with Crippen LogP contribution in [0.4, 0.5) is 0 Å². The van der Waals surface area contributed by atoms with E-state index in [1.54, 1.807) is 7.11 Å². The number of nitrogens with one attached hydrogen (secondary N) is 1. The molecule has 0 bridgehead atoms. The van der Waals surface area contributed by atoms with Crippen LogP contribution in [0.25, 0.3) is 11.4 Å². The Hall–Kier alpha value is -3.08. The van der Waals surface area contributed by atoms with E-state index in [9.17, 15) is 4.79 Å². The Labute approximate surface area is 165 Å². The minimum absolute atomic E-state index is 0.103. The molecule has 144 valence electrons. The fraction of sp³-hybridized carbons (Fsp3) is 0.304. The second kappa shape index (κ2) is 7.89. The van der Waals surface area contributed by atoms with Gasteiger partial charge in [0.25, 0.3) is 0 Å². The predicted octanol–water partition coefficient (Wildman–Crippen LogP) is 3.80. The van der Waals surface area contributed by atoms with E-state index < -0.39 is 5.41 Å². The molecule has 1 N–H and O–H groups in total. The van der Waals surface area contributed by atoms with E-state index in [1.165, 1.54) is 0 Å². The average molecular weight is 375 g/mol. The molecule has 0 radical (unpaired) electrons. The van der Waals surface area contributed by atoms with Crippen LogP contribution in [0.3, 0.4) is 0 Å². The van der Waals surface area contributed by atoms with Crippen molar-refractivity contribution in [2.75, 3.05) is 13.7 Å². The van der Waals surface area contributed by atoms with Crippen LogP contribution in [0.1, 0.15) is 24.8 Å². The highest BCUT2D eigenvalue weighted by molar-refractivity contribution is 5.92. The van der Waals surface area contributed by atoms with Crippen LogP contribution in [-0.2, 0) is 16.8 Å². The summed E-state index contributed by atoms with van der Waals surface area (Å²) >= 11 is 0. The van der Waals surface area contributed by atoms with Gasteiger partial charge in [0, 0.05) is 36.6 Å². The highest BCUT2D eigenvalue weighted by Gasteiger charge is 2.52. The van der Waals surface area contributed by atoms with Gasteiger partial charge in [-0.15, -0.1) is 0 Å². The van der Waals surface area contributed by atoms with Crippen LogP contribution in [0.2, 0.25) is 0 Å². The predicted molar refractivity (Wildman–Crippen MR) is 109 cm³/mol. The van der Waals surface area contributed by atoms with Crippen molar-refractivity contribution in [1.82, 2.24) is 14.9 Å². The van der Waals surface area contributed by atoms with Crippen molar-refractivity contribution in [1.29, 1.82) is 0 Å². The molecule has 1 saturated carbocycles. The summed E-state index contributed by atoms with van der Waals surface area (Å²) in [6.07, 6.45) is 6.41. The Bertz CT molecular complexity index is 945. The third-order valence-corrected chi connectivity index (χ3v) is 5.42. The lowest BCUT2D eigenvalue weighted by molar-refractivity contribution is -0.123. The summed E-state index contributed by atoms with van der Waals surface area (Å²) in [6, 6.07) is 18.0. The van der Waals surface area contributed by atoms with Crippen molar-refractivity contribution < 1.29 is 9.53 Å². The highest BCUT2D eigenvalue weighted by atomic mass is 16.5. The molecule has 1 heterocycles. The van der Waals surface area contributed by atoms with Crippen molar-refractivity contribution in [3.05, 3.63) is 72.6 Å². The number of methoxy groups -OCH3 is 1. The Balaban J connectivity index is 1.34. The summed E-state index contributed by atoms with van der Waals surface area (Å²) in [5.41, 5.74) is 1.68. The number of carbonyl (C=O) groups is 1. The van der Waals surface area contributed by atoms with Crippen molar-refractivity contribution in [2.45, 2.75) is 31.2 Å². The summed E-state index contributed by atoms with van der Waals surface area (Å²) < 4.78 is 7.59. The van der Waals surface area contributed by atoms with Gasteiger partial charge in [0.2, 0.25) is 5.91 Å². The summed E-state index contributed by atoms with van der Waals surface area (Å²) in [6.45, 7) is 1.45. The zero-order valence-electron chi connectivity index (χ0n) is 16.1. The average Bonchev–Trinajstić information content (AvgIpc) is 3.43. The van der Waals surface area contributed by atoms with E-state index >= 15 is 0 Å². The van der Waals surface area contributed by atoms with E-state index in [0.717, 1.165) is 48.5 Å². The van der Waals surface area contributed by atoms with Crippen LogP contribution < -0.4 is 10.1 Å². The first-order chi connectivity index (χ1) is 13.7. The van der Waals surface area contributed by atoms with Crippen molar-refractivity contribution in [3.63, 3.8) is 0 Å². The Morgan fingerprint density at radius 2 is 1.89 bits per heavy atom.